The van der Waals surface area contributed by atoms with E-state index >= 15 is 0 Å². The number of carbonyl (C=O) groups excluding carboxylic acids is 3. The predicted octanol–water partition coefficient (Wildman–Crippen LogP) is 11.6. The smallest absolute Gasteiger partial charge is 0.306 e. The maximum Gasteiger partial charge on any atom is 0.306 e. The third kappa shape index (κ3) is 39.7. The number of likely N-dealkylation sites (N-methyl/N-ethyl adjacent to an activating group) is 1. The van der Waals surface area contributed by atoms with Crippen LogP contribution < -0.4 is 5.11 Å². The van der Waals surface area contributed by atoms with Gasteiger partial charge in [-0.1, -0.05) is 150 Å². The summed E-state index contributed by atoms with van der Waals surface area (Å²) >= 11 is 0. The lowest BCUT2D eigenvalue weighted by Gasteiger charge is -2.34. The van der Waals surface area contributed by atoms with E-state index in [9.17, 15) is 19.5 Å². The van der Waals surface area contributed by atoms with Gasteiger partial charge in [-0.3, -0.25) is 9.59 Å². The van der Waals surface area contributed by atoms with E-state index in [-0.39, 0.29) is 49.1 Å². The molecule has 0 aliphatic rings. The van der Waals surface area contributed by atoms with Crippen LogP contribution in [0.2, 0.25) is 0 Å². The number of quaternary nitrogens is 1. The summed E-state index contributed by atoms with van der Waals surface area (Å²) in [6.07, 6.45) is 53.3. The summed E-state index contributed by atoms with van der Waals surface area (Å²) < 4.78 is 17.1. The molecule has 0 aromatic rings. The van der Waals surface area contributed by atoms with E-state index in [0.29, 0.717) is 12.8 Å². The van der Waals surface area contributed by atoms with Crippen molar-refractivity contribution in [2.45, 2.75) is 180 Å². The molecule has 0 bridgehead atoms. The van der Waals surface area contributed by atoms with Gasteiger partial charge < -0.3 is 28.6 Å². The number of allylic oxidation sites excluding steroid dienone is 14. The zero-order chi connectivity index (χ0) is 43.5. The monoisotopic (exact) mass is 824 g/mol. The number of esters is 2. The predicted molar refractivity (Wildman–Crippen MR) is 245 cm³/mol. The van der Waals surface area contributed by atoms with Gasteiger partial charge in [0.1, 0.15) is 12.6 Å². The van der Waals surface area contributed by atoms with Crippen molar-refractivity contribution in [2.24, 2.45) is 0 Å². The highest BCUT2D eigenvalue weighted by Gasteiger charge is 2.25. The van der Waals surface area contributed by atoms with Crippen LogP contribution in [-0.4, -0.2) is 75.5 Å². The molecule has 8 nitrogen and oxygen atoms in total. The molecular formula is C51H85NO7. The minimum Gasteiger partial charge on any atom is -0.544 e. The van der Waals surface area contributed by atoms with E-state index in [0.717, 1.165) is 70.6 Å². The average Bonchev–Trinajstić information content (AvgIpc) is 3.19. The third-order valence-electron chi connectivity index (χ3n) is 9.77. The standard InChI is InChI=1S/C51H85NO7/c1-6-8-10-12-14-16-18-20-22-24-26-27-29-31-33-35-37-39-41-49(53)58-46-47(45-57-44-43-48(51(55)56)52(3,4)5)59-50(54)42-40-38-36-34-32-30-28-25-23-21-19-17-15-13-11-9-7-2/h9,11,15-18,21-24,28,30,34,36,47-48H,6-8,10,12-14,19-20,25-27,29,31-33,35,37-46H2,1-5H3/b11-9-,17-15-,18-16-,23-21-,24-22-,30-28-,36-34-. The second-order valence-electron chi connectivity index (χ2n) is 16.3. The van der Waals surface area contributed by atoms with Crippen molar-refractivity contribution in [3.63, 3.8) is 0 Å². The van der Waals surface area contributed by atoms with Gasteiger partial charge >= 0.3 is 11.9 Å². The Morgan fingerprint density at radius 3 is 1.46 bits per heavy atom. The Kier molecular flexibility index (Phi) is 38.8. The van der Waals surface area contributed by atoms with Crippen molar-refractivity contribution < 1.29 is 38.2 Å². The molecule has 0 fully saturated rings. The van der Waals surface area contributed by atoms with Gasteiger partial charge in [-0.15, -0.1) is 0 Å². The van der Waals surface area contributed by atoms with Crippen LogP contribution in [0, 0.1) is 0 Å². The molecule has 2 atom stereocenters. The summed E-state index contributed by atoms with van der Waals surface area (Å²) in [5.74, 6) is -1.83. The molecule has 0 rings (SSSR count). The second kappa shape index (κ2) is 41.3. The maximum absolute atomic E-state index is 12.7. The largest absolute Gasteiger partial charge is 0.544 e. The van der Waals surface area contributed by atoms with E-state index < -0.39 is 18.1 Å². The minimum absolute atomic E-state index is 0.0106. The van der Waals surface area contributed by atoms with Crippen LogP contribution in [0.1, 0.15) is 168 Å². The van der Waals surface area contributed by atoms with E-state index in [1.807, 2.05) is 0 Å². The average molecular weight is 824 g/mol. The van der Waals surface area contributed by atoms with E-state index in [4.69, 9.17) is 14.2 Å². The van der Waals surface area contributed by atoms with Crippen LogP contribution in [0.5, 0.6) is 0 Å². The van der Waals surface area contributed by atoms with E-state index in [1.54, 1.807) is 21.1 Å². The van der Waals surface area contributed by atoms with Gasteiger partial charge in [-0.05, 0) is 83.5 Å². The molecule has 0 N–H and O–H groups in total. The molecule has 0 aliphatic carbocycles. The van der Waals surface area contributed by atoms with Crippen LogP contribution in [0.3, 0.4) is 0 Å². The number of aliphatic carboxylic acids is 1. The van der Waals surface area contributed by atoms with Gasteiger partial charge in [0.05, 0.1) is 40.3 Å². The topological polar surface area (TPSA) is 102 Å². The van der Waals surface area contributed by atoms with Crippen molar-refractivity contribution in [2.75, 3.05) is 41.0 Å². The van der Waals surface area contributed by atoms with Crippen LogP contribution in [-0.2, 0) is 28.6 Å². The summed E-state index contributed by atoms with van der Waals surface area (Å²) in [6, 6.07) is -0.742. The number of unbranched alkanes of at least 4 members (excludes halogenated alkanes) is 12. The van der Waals surface area contributed by atoms with Crippen molar-refractivity contribution in [3.8, 4) is 0 Å². The zero-order valence-corrected chi connectivity index (χ0v) is 38.1. The molecule has 0 aromatic carbocycles. The summed E-state index contributed by atoms with van der Waals surface area (Å²) in [5.41, 5.74) is 0. The Balaban J connectivity index is 4.44. The van der Waals surface area contributed by atoms with Gasteiger partial charge in [-0.25, -0.2) is 0 Å². The molecule has 0 aliphatic heterocycles. The van der Waals surface area contributed by atoms with Crippen LogP contribution in [0.4, 0.5) is 0 Å². The number of rotatable bonds is 40. The lowest BCUT2D eigenvalue weighted by atomic mass is 10.1. The molecule has 0 radical (unpaired) electrons. The quantitative estimate of drug-likeness (QED) is 0.0262. The fraction of sp³-hybridized carbons (Fsp3) is 0.667. The summed E-state index contributed by atoms with van der Waals surface area (Å²) in [5, 5.41) is 11.6. The number of nitrogens with zero attached hydrogens (tertiary/aromatic N) is 1. The maximum atomic E-state index is 12.7. The summed E-state index contributed by atoms with van der Waals surface area (Å²) in [4.78, 5) is 36.9. The molecule has 0 saturated heterocycles. The van der Waals surface area contributed by atoms with E-state index in [2.05, 4.69) is 98.9 Å². The number of carbonyl (C=O) groups is 3. The lowest BCUT2D eigenvalue weighted by Crippen LogP contribution is -2.55. The number of hydrogen-bond donors (Lipinski definition) is 0. The first kappa shape index (κ1) is 55.5. The van der Waals surface area contributed by atoms with Crippen LogP contribution in [0.25, 0.3) is 0 Å². The van der Waals surface area contributed by atoms with Gasteiger partial charge in [0.15, 0.2) is 6.10 Å². The Bertz CT molecular complexity index is 1240. The molecule has 8 heteroatoms. The second-order valence-corrected chi connectivity index (χ2v) is 16.3. The Morgan fingerprint density at radius 1 is 0.525 bits per heavy atom. The molecule has 2 unspecified atom stereocenters. The molecule has 59 heavy (non-hydrogen) atoms. The first-order chi connectivity index (χ1) is 28.6. The van der Waals surface area contributed by atoms with Crippen molar-refractivity contribution in [1.29, 1.82) is 0 Å². The molecule has 0 amide bonds. The summed E-state index contributed by atoms with van der Waals surface area (Å²) in [6.45, 7) is 4.45. The first-order valence-electron chi connectivity index (χ1n) is 23.1. The zero-order valence-electron chi connectivity index (χ0n) is 38.1. The SMILES string of the molecule is CC/C=C\C/C=C\C/C=C\C/C=C\C/C=C\CCCC(=O)OC(COCCC(C(=O)[O-])[N+](C)(C)C)COC(=O)CCCCCCCCC/C=C\C/C=C\CCCCCC. The molecule has 0 aromatic heterocycles. The molecule has 336 valence electrons. The highest BCUT2D eigenvalue weighted by molar-refractivity contribution is 5.70. The molecule has 0 saturated carbocycles. The molecule has 0 heterocycles. The number of ether oxygens (including phenoxy) is 3. The minimum atomic E-state index is -1.14. The van der Waals surface area contributed by atoms with Gasteiger partial charge in [-0.2, -0.15) is 0 Å². The van der Waals surface area contributed by atoms with Crippen LogP contribution in [0.15, 0.2) is 85.1 Å². The number of carboxylic acids is 1. The molecular weight excluding hydrogens is 739 g/mol. The van der Waals surface area contributed by atoms with Crippen LogP contribution >= 0.6 is 0 Å². The highest BCUT2D eigenvalue weighted by atomic mass is 16.6. The Labute approximate surface area is 361 Å². The normalized spacial score (nSPS) is 13.7. The van der Waals surface area contributed by atoms with Crippen molar-refractivity contribution >= 4 is 17.9 Å². The Morgan fingerprint density at radius 2 is 0.966 bits per heavy atom. The Hall–Kier alpha value is -3.49. The van der Waals surface area contributed by atoms with Crippen molar-refractivity contribution in [3.05, 3.63) is 85.1 Å². The van der Waals surface area contributed by atoms with E-state index in [1.165, 1.54) is 57.8 Å². The lowest BCUT2D eigenvalue weighted by molar-refractivity contribution is -0.889. The summed E-state index contributed by atoms with van der Waals surface area (Å²) in [7, 11) is 5.38. The highest BCUT2D eigenvalue weighted by Crippen LogP contribution is 2.12. The van der Waals surface area contributed by atoms with Crippen molar-refractivity contribution in [1.82, 2.24) is 0 Å². The number of hydrogen-bond acceptors (Lipinski definition) is 7. The third-order valence-corrected chi connectivity index (χ3v) is 9.77. The van der Waals surface area contributed by atoms with Gasteiger partial charge in [0.25, 0.3) is 0 Å². The first-order valence-corrected chi connectivity index (χ1v) is 23.1. The fourth-order valence-electron chi connectivity index (χ4n) is 6.19. The fourth-order valence-corrected chi connectivity index (χ4v) is 6.19. The van der Waals surface area contributed by atoms with Gasteiger partial charge in [0.2, 0.25) is 0 Å². The van der Waals surface area contributed by atoms with Gasteiger partial charge in [0, 0.05) is 19.3 Å². The molecule has 0 spiro atoms. The number of carboxylic acid groups (broad SMARTS) is 1.